The van der Waals surface area contributed by atoms with Crippen molar-refractivity contribution in [1.29, 1.82) is 0 Å². The van der Waals surface area contributed by atoms with Gasteiger partial charge in [0.1, 0.15) is 11.8 Å². The highest BCUT2D eigenvalue weighted by Gasteiger charge is 2.25. The summed E-state index contributed by atoms with van der Waals surface area (Å²) < 4.78 is 5.21. The Hall–Kier alpha value is -2.18. The quantitative estimate of drug-likeness (QED) is 0.455. The van der Waals surface area contributed by atoms with Crippen molar-refractivity contribution in [2.24, 2.45) is 0 Å². The highest BCUT2D eigenvalue weighted by atomic mass is 35.5. The fraction of sp³-hybridized carbons (Fsp3) is 0.417. The Morgan fingerprint density at radius 3 is 2.35 bits per heavy atom. The standard InChI is InChI=1S/C24H31ClN2O3S/c1-4-5-14-26-24(29)18(2)27(15-19-8-12-22(30-3)13-9-19)23(28)17-31-16-20-6-10-21(25)11-7-20/h6-13,18H,4-5,14-17H2,1-3H3,(H,26,29)/t18-/m0/s1. The predicted molar refractivity (Wildman–Crippen MR) is 129 cm³/mol. The third-order valence-corrected chi connectivity index (χ3v) is 6.16. The fourth-order valence-corrected chi connectivity index (χ4v) is 3.96. The molecule has 0 bridgehead atoms. The zero-order valence-corrected chi connectivity index (χ0v) is 20.0. The molecule has 0 saturated carbocycles. The molecule has 0 aromatic heterocycles. The van der Waals surface area contributed by atoms with E-state index in [2.05, 4.69) is 12.2 Å². The Labute approximate surface area is 194 Å². The van der Waals surface area contributed by atoms with Crippen LogP contribution in [-0.4, -0.2) is 42.2 Å². The summed E-state index contributed by atoms with van der Waals surface area (Å²) >= 11 is 7.46. The van der Waals surface area contributed by atoms with Gasteiger partial charge in [0.25, 0.3) is 0 Å². The molecule has 2 aromatic rings. The van der Waals surface area contributed by atoms with Crippen LogP contribution < -0.4 is 10.1 Å². The van der Waals surface area contributed by atoms with Gasteiger partial charge in [0, 0.05) is 23.9 Å². The zero-order chi connectivity index (χ0) is 22.6. The van der Waals surface area contributed by atoms with E-state index in [4.69, 9.17) is 16.3 Å². The number of methoxy groups -OCH3 is 1. The number of nitrogens with zero attached hydrogens (tertiary/aromatic N) is 1. The van der Waals surface area contributed by atoms with Gasteiger partial charge in [0.05, 0.1) is 12.9 Å². The summed E-state index contributed by atoms with van der Waals surface area (Å²) in [5.41, 5.74) is 2.05. The van der Waals surface area contributed by atoms with Crippen molar-refractivity contribution >= 4 is 35.2 Å². The molecule has 2 aromatic carbocycles. The van der Waals surface area contributed by atoms with Crippen LogP contribution >= 0.6 is 23.4 Å². The van der Waals surface area contributed by atoms with Crippen LogP contribution in [0.25, 0.3) is 0 Å². The van der Waals surface area contributed by atoms with Gasteiger partial charge < -0.3 is 15.0 Å². The van der Waals surface area contributed by atoms with Crippen molar-refractivity contribution in [2.45, 2.75) is 45.0 Å². The molecule has 2 rings (SSSR count). The van der Waals surface area contributed by atoms with Gasteiger partial charge in [-0.15, -0.1) is 11.8 Å². The van der Waals surface area contributed by atoms with Crippen LogP contribution in [0.2, 0.25) is 5.02 Å². The number of amides is 2. The summed E-state index contributed by atoms with van der Waals surface area (Å²) in [7, 11) is 1.62. The molecule has 0 aliphatic carbocycles. The number of thioether (sulfide) groups is 1. The van der Waals surface area contributed by atoms with Gasteiger partial charge in [-0.2, -0.15) is 0 Å². The molecule has 2 amide bonds. The molecule has 5 nitrogen and oxygen atoms in total. The van der Waals surface area contributed by atoms with Crippen LogP contribution in [0.5, 0.6) is 5.75 Å². The van der Waals surface area contributed by atoms with Gasteiger partial charge in [-0.3, -0.25) is 9.59 Å². The van der Waals surface area contributed by atoms with E-state index in [1.54, 1.807) is 18.9 Å². The predicted octanol–water partition coefficient (Wildman–Crippen LogP) is 4.92. The number of halogens is 1. The molecule has 0 saturated heterocycles. The number of hydrogen-bond acceptors (Lipinski definition) is 4. The monoisotopic (exact) mass is 462 g/mol. The van der Waals surface area contributed by atoms with Crippen molar-refractivity contribution in [1.82, 2.24) is 10.2 Å². The van der Waals surface area contributed by atoms with E-state index < -0.39 is 6.04 Å². The summed E-state index contributed by atoms with van der Waals surface area (Å²) in [6, 6.07) is 14.6. The van der Waals surface area contributed by atoms with Crippen molar-refractivity contribution in [2.75, 3.05) is 19.4 Å². The normalized spacial score (nSPS) is 11.6. The number of hydrogen-bond donors (Lipinski definition) is 1. The summed E-state index contributed by atoms with van der Waals surface area (Å²) in [5, 5.41) is 3.63. The molecule has 7 heteroatoms. The van der Waals surface area contributed by atoms with Gasteiger partial charge in [0.2, 0.25) is 11.8 Å². The highest BCUT2D eigenvalue weighted by Crippen LogP contribution is 2.19. The van der Waals surface area contributed by atoms with Crippen LogP contribution in [0.15, 0.2) is 48.5 Å². The lowest BCUT2D eigenvalue weighted by atomic mass is 10.1. The Kier molecular flexibility index (Phi) is 10.7. The van der Waals surface area contributed by atoms with E-state index in [1.165, 1.54) is 11.8 Å². The largest absolute Gasteiger partial charge is 0.497 e. The minimum Gasteiger partial charge on any atom is -0.497 e. The third kappa shape index (κ3) is 8.46. The molecular formula is C24H31ClN2O3S. The van der Waals surface area contributed by atoms with E-state index in [-0.39, 0.29) is 11.8 Å². The topological polar surface area (TPSA) is 58.6 Å². The smallest absolute Gasteiger partial charge is 0.242 e. The van der Waals surface area contributed by atoms with Gasteiger partial charge in [-0.05, 0) is 48.7 Å². The SMILES string of the molecule is CCCCNC(=O)[C@H](C)N(Cc1ccc(OC)cc1)C(=O)CSCc1ccc(Cl)cc1. The molecule has 1 N–H and O–H groups in total. The summed E-state index contributed by atoms with van der Waals surface area (Å²) in [6.07, 6.45) is 1.92. The zero-order valence-electron chi connectivity index (χ0n) is 18.4. The minimum absolute atomic E-state index is 0.0621. The maximum atomic E-state index is 13.1. The molecule has 0 aliphatic rings. The molecular weight excluding hydrogens is 432 g/mol. The molecule has 1 atom stereocenters. The number of benzene rings is 2. The lowest BCUT2D eigenvalue weighted by molar-refractivity contribution is -0.138. The molecule has 0 radical (unpaired) electrons. The van der Waals surface area contributed by atoms with Crippen LogP contribution in [-0.2, 0) is 21.9 Å². The second-order valence-corrected chi connectivity index (χ2v) is 8.73. The van der Waals surface area contributed by atoms with Gasteiger partial charge in [-0.1, -0.05) is 49.2 Å². The Morgan fingerprint density at radius 1 is 1.10 bits per heavy atom. The number of rotatable bonds is 12. The minimum atomic E-state index is -0.553. The van der Waals surface area contributed by atoms with Crippen molar-refractivity contribution in [3.63, 3.8) is 0 Å². The maximum absolute atomic E-state index is 13.1. The first-order valence-electron chi connectivity index (χ1n) is 10.5. The lowest BCUT2D eigenvalue weighted by Gasteiger charge is -2.29. The Balaban J connectivity index is 2.03. The Morgan fingerprint density at radius 2 is 1.74 bits per heavy atom. The van der Waals surface area contributed by atoms with Gasteiger partial charge >= 0.3 is 0 Å². The second kappa shape index (κ2) is 13.3. The van der Waals surface area contributed by atoms with Crippen LogP contribution in [0, 0.1) is 0 Å². The van der Waals surface area contributed by atoms with Gasteiger partial charge in [-0.25, -0.2) is 0 Å². The number of nitrogens with one attached hydrogen (secondary N) is 1. The summed E-state index contributed by atoms with van der Waals surface area (Å²) in [6.45, 7) is 4.85. The fourth-order valence-electron chi connectivity index (χ4n) is 2.97. The number of carbonyl (C=O) groups is 2. The molecule has 0 heterocycles. The average Bonchev–Trinajstić information content (AvgIpc) is 2.78. The van der Waals surface area contributed by atoms with Crippen LogP contribution in [0.3, 0.4) is 0 Å². The first-order chi connectivity index (χ1) is 14.9. The van der Waals surface area contributed by atoms with E-state index >= 15 is 0 Å². The first-order valence-corrected chi connectivity index (χ1v) is 12.0. The Bertz CT molecular complexity index is 828. The molecule has 0 unspecified atom stereocenters. The number of ether oxygens (including phenoxy) is 1. The molecule has 0 fully saturated rings. The molecule has 0 spiro atoms. The van der Waals surface area contributed by atoms with E-state index in [0.717, 1.165) is 29.7 Å². The van der Waals surface area contributed by atoms with E-state index in [1.807, 2.05) is 48.5 Å². The summed E-state index contributed by atoms with van der Waals surface area (Å²) in [4.78, 5) is 27.4. The first kappa shape index (κ1) is 25.1. The number of carbonyl (C=O) groups excluding carboxylic acids is 2. The maximum Gasteiger partial charge on any atom is 0.242 e. The van der Waals surface area contributed by atoms with Crippen molar-refractivity contribution in [3.05, 3.63) is 64.7 Å². The van der Waals surface area contributed by atoms with Crippen LogP contribution in [0.4, 0.5) is 0 Å². The molecule has 168 valence electrons. The molecule has 0 aliphatic heterocycles. The number of unbranched alkanes of at least 4 members (excludes halogenated alkanes) is 1. The van der Waals surface area contributed by atoms with Crippen LogP contribution in [0.1, 0.15) is 37.8 Å². The summed E-state index contributed by atoms with van der Waals surface area (Å²) in [5.74, 6) is 1.57. The lowest BCUT2D eigenvalue weighted by Crippen LogP contribution is -2.48. The highest BCUT2D eigenvalue weighted by molar-refractivity contribution is 7.99. The van der Waals surface area contributed by atoms with E-state index in [0.29, 0.717) is 29.6 Å². The van der Waals surface area contributed by atoms with E-state index in [9.17, 15) is 9.59 Å². The second-order valence-electron chi connectivity index (χ2n) is 7.31. The van der Waals surface area contributed by atoms with Crippen molar-refractivity contribution in [3.8, 4) is 5.75 Å². The van der Waals surface area contributed by atoms with Gasteiger partial charge in [0.15, 0.2) is 0 Å². The molecule has 31 heavy (non-hydrogen) atoms. The third-order valence-electron chi connectivity index (χ3n) is 4.92. The van der Waals surface area contributed by atoms with Crippen molar-refractivity contribution < 1.29 is 14.3 Å². The average molecular weight is 463 g/mol.